The van der Waals surface area contributed by atoms with Crippen LogP contribution in [0, 0.1) is 0 Å². The molecule has 1 aliphatic rings. The summed E-state index contributed by atoms with van der Waals surface area (Å²) in [4.78, 5) is 22.0. The van der Waals surface area contributed by atoms with Gasteiger partial charge in [-0.2, -0.15) is 0 Å². The van der Waals surface area contributed by atoms with Gasteiger partial charge in [0.2, 0.25) is 5.95 Å². The van der Waals surface area contributed by atoms with E-state index in [4.69, 9.17) is 16.3 Å². The summed E-state index contributed by atoms with van der Waals surface area (Å²) in [6.07, 6.45) is 5.24. The van der Waals surface area contributed by atoms with Crippen molar-refractivity contribution < 1.29 is 4.74 Å². The number of nitrogens with zero attached hydrogens (tertiary/aromatic N) is 6. The van der Waals surface area contributed by atoms with Crippen LogP contribution in [0.5, 0.6) is 0 Å². The second kappa shape index (κ2) is 7.85. The topological polar surface area (TPSA) is 67.3 Å². The summed E-state index contributed by atoms with van der Waals surface area (Å²) in [6, 6.07) is 2.08. The molecule has 0 aromatic carbocycles. The molecular formula is C17H25ClN6OSi. The van der Waals surface area contributed by atoms with Gasteiger partial charge in [-0.15, -0.1) is 0 Å². The molecule has 0 radical (unpaired) electrons. The third-order valence-electron chi connectivity index (χ3n) is 4.52. The van der Waals surface area contributed by atoms with Gasteiger partial charge in [0.15, 0.2) is 0 Å². The van der Waals surface area contributed by atoms with Gasteiger partial charge < -0.3 is 14.5 Å². The number of hydrogen-bond donors (Lipinski definition) is 0. The Labute approximate surface area is 160 Å². The number of ether oxygens (including phenoxy) is 1. The summed E-state index contributed by atoms with van der Waals surface area (Å²) in [5.41, 5.74) is 0. The van der Waals surface area contributed by atoms with Gasteiger partial charge in [-0.3, -0.25) is 0 Å². The Morgan fingerprint density at radius 3 is 2.69 bits per heavy atom. The number of rotatable bonds is 5. The van der Waals surface area contributed by atoms with Crippen LogP contribution in [0.4, 0.5) is 11.8 Å². The molecule has 9 heteroatoms. The van der Waals surface area contributed by atoms with Crippen molar-refractivity contribution in [1.29, 1.82) is 0 Å². The number of aromatic nitrogens is 4. The lowest BCUT2D eigenvalue weighted by Crippen LogP contribution is -2.56. The Morgan fingerprint density at radius 1 is 1.27 bits per heavy atom. The Bertz CT molecular complexity index is 742. The van der Waals surface area contributed by atoms with Crippen molar-refractivity contribution in [2.75, 3.05) is 43.2 Å². The molecule has 0 saturated carbocycles. The normalized spacial score (nSPS) is 18.3. The Kier molecular flexibility index (Phi) is 5.74. The molecule has 3 heterocycles. The summed E-state index contributed by atoms with van der Waals surface area (Å²) in [7, 11) is 0.166. The molecule has 1 saturated heterocycles. The van der Waals surface area contributed by atoms with Gasteiger partial charge in [0.05, 0.1) is 20.7 Å². The SMILES string of the molecule is COC[C@H]1CN(c2ncc([Si](C)(C)C)c(Cl)n2)CCN1c1ccncn1. The van der Waals surface area contributed by atoms with E-state index in [0.717, 1.165) is 30.6 Å². The van der Waals surface area contributed by atoms with Crippen molar-refractivity contribution in [2.45, 2.75) is 25.7 Å². The van der Waals surface area contributed by atoms with Crippen molar-refractivity contribution in [3.8, 4) is 0 Å². The minimum atomic E-state index is -1.55. The van der Waals surface area contributed by atoms with Crippen LogP contribution in [0.25, 0.3) is 0 Å². The van der Waals surface area contributed by atoms with E-state index in [2.05, 4.69) is 49.4 Å². The number of anilines is 2. The monoisotopic (exact) mass is 392 g/mol. The van der Waals surface area contributed by atoms with Crippen LogP contribution in [0.15, 0.2) is 24.8 Å². The smallest absolute Gasteiger partial charge is 0.226 e. The minimum absolute atomic E-state index is 0.155. The Morgan fingerprint density at radius 2 is 2.08 bits per heavy atom. The summed E-state index contributed by atoms with van der Waals surface area (Å²) in [5.74, 6) is 1.59. The summed E-state index contributed by atoms with van der Waals surface area (Å²) >= 11 is 6.46. The summed E-state index contributed by atoms with van der Waals surface area (Å²) in [6.45, 7) is 9.68. The molecule has 0 N–H and O–H groups in total. The fourth-order valence-corrected chi connectivity index (χ4v) is 5.24. The number of halogens is 1. The Balaban J connectivity index is 1.80. The van der Waals surface area contributed by atoms with Gasteiger partial charge in [-0.05, 0) is 11.3 Å². The van der Waals surface area contributed by atoms with Gasteiger partial charge >= 0.3 is 0 Å². The number of hydrogen-bond acceptors (Lipinski definition) is 7. The molecule has 1 fully saturated rings. The molecule has 1 aliphatic heterocycles. The van der Waals surface area contributed by atoms with Crippen molar-refractivity contribution in [3.63, 3.8) is 0 Å². The lowest BCUT2D eigenvalue weighted by molar-refractivity contribution is 0.173. The maximum Gasteiger partial charge on any atom is 0.226 e. The van der Waals surface area contributed by atoms with E-state index in [1.165, 1.54) is 0 Å². The zero-order chi connectivity index (χ0) is 18.7. The second-order valence-electron chi connectivity index (χ2n) is 7.44. The van der Waals surface area contributed by atoms with Crippen LogP contribution in [-0.4, -0.2) is 67.4 Å². The molecule has 2 aromatic rings. The van der Waals surface area contributed by atoms with Crippen LogP contribution in [-0.2, 0) is 4.74 Å². The molecule has 0 unspecified atom stereocenters. The number of methoxy groups -OCH3 is 1. The highest BCUT2D eigenvalue weighted by molar-refractivity contribution is 6.90. The van der Waals surface area contributed by atoms with Gasteiger partial charge in [0.25, 0.3) is 0 Å². The van der Waals surface area contributed by atoms with E-state index in [1.807, 2.05) is 12.3 Å². The lowest BCUT2D eigenvalue weighted by Gasteiger charge is -2.41. The van der Waals surface area contributed by atoms with Crippen LogP contribution in [0.1, 0.15) is 0 Å². The standard InChI is InChI=1S/C17H25ClN6OSi/c1-25-11-13-10-23(7-8-24(13)15-5-6-19-12-21-15)17-20-9-14(16(18)22-17)26(2,3)4/h5-6,9,12-13H,7-8,10-11H2,1-4H3/t13-/m1/s1. The molecule has 0 aliphatic carbocycles. The fraction of sp³-hybridized carbons (Fsp3) is 0.529. The van der Waals surface area contributed by atoms with Crippen molar-refractivity contribution in [3.05, 3.63) is 29.9 Å². The quantitative estimate of drug-likeness (QED) is 0.567. The van der Waals surface area contributed by atoms with E-state index in [1.54, 1.807) is 19.6 Å². The van der Waals surface area contributed by atoms with E-state index >= 15 is 0 Å². The average molecular weight is 393 g/mol. The van der Waals surface area contributed by atoms with Crippen molar-refractivity contribution in [2.24, 2.45) is 0 Å². The van der Waals surface area contributed by atoms with Gasteiger partial charge in [-0.25, -0.2) is 19.9 Å². The summed E-state index contributed by atoms with van der Waals surface area (Å²) in [5, 5.41) is 1.67. The molecule has 7 nitrogen and oxygen atoms in total. The maximum absolute atomic E-state index is 6.46. The molecule has 26 heavy (non-hydrogen) atoms. The predicted octanol–water partition coefficient (Wildman–Crippen LogP) is 1.81. The highest BCUT2D eigenvalue weighted by atomic mass is 35.5. The molecule has 0 spiro atoms. The molecule has 0 bridgehead atoms. The van der Waals surface area contributed by atoms with Crippen LogP contribution in [0.3, 0.4) is 0 Å². The maximum atomic E-state index is 6.46. The third kappa shape index (κ3) is 4.13. The van der Waals surface area contributed by atoms with Gasteiger partial charge in [0, 0.05) is 39.1 Å². The minimum Gasteiger partial charge on any atom is -0.382 e. The third-order valence-corrected chi connectivity index (χ3v) is 6.95. The van der Waals surface area contributed by atoms with Crippen molar-refractivity contribution >= 4 is 36.6 Å². The number of piperazine rings is 1. The first-order valence-electron chi connectivity index (χ1n) is 8.69. The first kappa shape index (κ1) is 19.0. The lowest BCUT2D eigenvalue weighted by atomic mass is 10.2. The molecule has 140 valence electrons. The van der Waals surface area contributed by atoms with Crippen LogP contribution >= 0.6 is 11.6 Å². The van der Waals surface area contributed by atoms with E-state index < -0.39 is 8.07 Å². The molecule has 3 rings (SSSR count). The predicted molar refractivity (Wildman–Crippen MR) is 107 cm³/mol. The molecule has 1 atom stereocenters. The average Bonchev–Trinajstić information content (AvgIpc) is 2.61. The van der Waals surface area contributed by atoms with Crippen molar-refractivity contribution in [1.82, 2.24) is 19.9 Å². The zero-order valence-corrected chi connectivity index (χ0v) is 17.4. The largest absolute Gasteiger partial charge is 0.382 e. The highest BCUT2D eigenvalue weighted by Gasteiger charge is 2.30. The fourth-order valence-electron chi connectivity index (χ4n) is 3.14. The second-order valence-corrected chi connectivity index (χ2v) is 12.8. The highest BCUT2D eigenvalue weighted by Crippen LogP contribution is 2.21. The van der Waals surface area contributed by atoms with Crippen LogP contribution in [0.2, 0.25) is 24.8 Å². The van der Waals surface area contributed by atoms with Gasteiger partial charge in [0.1, 0.15) is 17.3 Å². The molecule has 2 aromatic heterocycles. The molecule has 0 amide bonds. The Hall–Kier alpha value is -1.77. The van der Waals surface area contributed by atoms with E-state index in [9.17, 15) is 0 Å². The first-order chi connectivity index (χ1) is 12.4. The zero-order valence-electron chi connectivity index (χ0n) is 15.7. The van der Waals surface area contributed by atoms with Crippen LogP contribution < -0.4 is 15.0 Å². The van der Waals surface area contributed by atoms with Gasteiger partial charge in [-0.1, -0.05) is 31.2 Å². The van der Waals surface area contributed by atoms with E-state index in [0.29, 0.717) is 17.7 Å². The van der Waals surface area contributed by atoms with E-state index in [-0.39, 0.29) is 6.04 Å². The first-order valence-corrected chi connectivity index (χ1v) is 12.6. The molecular weight excluding hydrogens is 368 g/mol. The summed E-state index contributed by atoms with van der Waals surface area (Å²) < 4.78 is 5.43.